The van der Waals surface area contributed by atoms with Crippen LogP contribution >= 0.6 is 11.9 Å². The first-order valence-corrected chi connectivity index (χ1v) is 11.4. The summed E-state index contributed by atoms with van der Waals surface area (Å²) in [5.41, 5.74) is 1.27. The summed E-state index contributed by atoms with van der Waals surface area (Å²) in [6.07, 6.45) is 8.14. The highest BCUT2D eigenvalue weighted by molar-refractivity contribution is 7.97. The predicted molar refractivity (Wildman–Crippen MR) is 116 cm³/mol. The molecule has 3 nitrogen and oxygen atoms in total. The van der Waals surface area contributed by atoms with Gasteiger partial charge in [-0.15, -0.1) is 0 Å². The minimum atomic E-state index is 0.272. The Bertz CT molecular complexity index is 725. The van der Waals surface area contributed by atoms with Gasteiger partial charge in [0.25, 0.3) is 0 Å². The molecule has 0 aromatic heterocycles. The monoisotopic (exact) mass is 397 g/mol. The van der Waals surface area contributed by atoms with Gasteiger partial charge in [-0.2, -0.15) is 0 Å². The number of nitrogens with zero attached hydrogens (tertiary/aromatic N) is 1. The maximum Gasteiger partial charge on any atom is 0.119 e. The van der Waals surface area contributed by atoms with Crippen LogP contribution in [0.4, 0.5) is 0 Å². The standard InChI is InChI=1S/C24H31NO2S/c1-19-7-9-22(10-8-19)27-23-15-16-25(17-23)28-24-13-11-21(12-14-24)26-18-20-5-3-2-4-6-20/h7-14,20,23H,2-6,15-18H2,1H3. The van der Waals surface area contributed by atoms with Crippen LogP contribution in [0.2, 0.25) is 0 Å². The highest BCUT2D eigenvalue weighted by Gasteiger charge is 2.24. The SMILES string of the molecule is Cc1ccc(OC2CCN(Sc3ccc(OCC4CCCCC4)cc3)C2)cc1. The molecule has 0 N–H and O–H groups in total. The molecule has 28 heavy (non-hydrogen) atoms. The Hall–Kier alpha value is -1.65. The van der Waals surface area contributed by atoms with Crippen molar-refractivity contribution in [3.63, 3.8) is 0 Å². The molecule has 0 amide bonds. The Kier molecular flexibility index (Phi) is 6.81. The van der Waals surface area contributed by atoms with Crippen LogP contribution in [0.25, 0.3) is 0 Å². The van der Waals surface area contributed by atoms with E-state index in [9.17, 15) is 0 Å². The summed E-state index contributed by atoms with van der Waals surface area (Å²) in [5, 5.41) is 0. The van der Waals surface area contributed by atoms with Crippen LogP contribution in [0.3, 0.4) is 0 Å². The Balaban J connectivity index is 1.21. The maximum atomic E-state index is 6.13. The topological polar surface area (TPSA) is 21.7 Å². The second-order valence-corrected chi connectivity index (χ2v) is 9.28. The van der Waals surface area contributed by atoms with Crippen molar-refractivity contribution in [1.82, 2.24) is 4.31 Å². The van der Waals surface area contributed by atoms with Gasteiger partial charge < -0.3 is 9.47 Å². The number of hydrogen-bond acceptors (Lipinski definition) is 4. The lowest BCUT2D eigenvalue weighted by Crippen LogP contribution is -2.20. The van der Waals surface area contributed by atoms with Gasteiger partial charge in [0.15, 0.2) is 0 Å². The molecule has 1 saturated carbocycles. The molecule has 4 heteroatoms. The lowest BCUT2D eigenvalue weighted by atomic mass is 9.90. The maximum absolute atomic E-state index is 6.13. The van der Waals surface area contributed by atoms with Gasteiger partial charge in [-0.25, -0.2) is 4.31 Å². The molecule has 4 rings (SSSR count). The summed E-state index contributed by atoms with van der Waals surface area (Å²) in [7, 11) is 0. The van der Waals surface area contributed by atoms with E-state index >= 15 is 0 Å². The first kappa shape index (κ1) is 19.7. The Morgan fingerprint density at radius 2 is 1.61 bits per heavy atom. The highest BCUT2D eigenvalue weighted by atomic mass is 32.2. The van der Waals surface area contributed by atoms with Crippen LogP contribution in [0, 0.1) is 12.8 Å². The van der Waals surface area contributed by atoms with E-state index in [1.807, 2.05) is 11.9 Å². The van der Waals surface area contributed by atoms with E-state index in [2.05, 4.69) is 59.8 Å². The fourth-order valence-electron chi connectivity index (χ4n) is 4.00. The molecule has 2 aromatic rings. The third-order valence-electron chi connectivity index (χ3n) is 5.70. The smallest absolute Gasteiger partial charge is 0.119 e. The minimum absolute atomic E-state index is 0.272. The molecule has 0 bridgehead atoms. The van der Waals surface area contributed by atoms with Crippen molar-refractivity contribution < 1.29 is 9.47 Å². The summed E-state index contributed by atoms with van der Waals surface area (Å²) in [6, 6.07) is 16.9. The van der Waals surface area contributed by atoms with Gasteiger partial charge >= 0.3 is 0 Å². The van der Waals surface area contributed by atoms with Crippen LogP contribution in [-0.2, 0) is 0 Å². The Morgan fingerprint density at radius 3 is 2.36 bits per heavy atom. The van der Waals surface area contributed by atoms with Crippen molar-refractivity contribution in [3.05, 3.63) is 54.1 Å². The van der Waals surface area contributed by atoms with Crippen LogP contribution < -0.4 is 9.47 Å². The van der Waals surface area contributed by atoms with E-state index in [4.69, 9.17) is 9.47 Å². The van der Waals surface area contributed by atoms with E-state index < -0.39 is 0 Å². The number of ether oxygens (including phenoxy) is 2. The zero-order valence-electron chi connectivity index (χ0n) is 16.8. The molecule has 2 aliphatic rings. The average Bonchev–Trinajstić information content (AvgIpc) is 3.17. The molecule has 1 aliphatic carbocycles. The molecular formula is C24H31NO2S. The van der Waals surface area contributed by atoms with Crippen molar-refractivity contribution in [2.45, 2.75) is 56.4 Å². The van der Waals surface area contributed by atoms with Crippen LogP contribution in [-0.4, -0.2) is 30.1 Å². The van der Waals surface area contributed by atoms with E-state index in [0.29, 0.717) is 0 Å². The first-order valence-electron chi connectivity index (χ1n) is 10.6. The van der Waals surface area contributed by atoms with Crippen molar-refractivity contribution in [2.75, 3.05) is 19.7 Å². The van der Waals surface area contributed by atoms with Crippen LogP contribution in [0.1, 0.15) is 44.1 Å². The molecular weight excluding hydrogens is 366 g/mol. The van der Waals surface area contributed by atoms with Gasteiger partial charge in [-0.05, 0) is 80.5 Å². The second-order valence-electron chi connectivity index (χ2n) is 8.11. The molecule has 2 aromatic carbocycles. The van der Waals surface area contributed by atoms with Crippen molar-refractivity contribution in [3.8, 4) is 11.5 Å². The Labute approximate surface area is 173 Å². The minimum Gasteiger partial charge on any atom is -0.493 e. The summed E-state index contributed by atoms with van der Waals surface area (Å²) >= 11 is 1.82. The fourth-order valence-corrected chi connectivity index (χ4v) is 4.99. The van der Waals surface area contributed by atoms with E-state index in [1.54, 1.807) is 0 Å². The van der Waals surface area contributed by atoms with Gasteiger partial charge in [0.2, 0.25) is 0 Å². The zero-order valence-corrected chi connectivity index (χ0v) is 17.6. The van der Waals surface area contributed by atoms with Crippen LogP contribution in [0.15, 0.2) is 53.4 Å². The molecule has 1 saturated heterocycles. The average molecular weight is 398 g/mol. The van der Waals surface area contributed by atoms with Gasteiger partial charge in [-0.1, -0.05) is 37.0 Å². The quantitative estimate of drug-likeness (QED) is 0.525. The van der Waals surface area contributed by atoms with Gasteiger partial charge in [-0.3, -0.25) is 0 Å². The molecule has 0 radical (unpaired) electrons. The molecule has 2 fully saturated rings. The molecule has 150 valence electrons. The number of aryl methyl sites for hydroxylation is 1. The predicted octanol–water partition coefficient (Wildman–Crippen LogP) is 6.11. The molecule has 1 heterocycles. The number of benzene rings is 2. The molecule has 1 unspecified atom stereocenters. The van der Waals surface area contributed by atoms with E-state index in [0.717, 1.165) is 43.5 Å². The summed E-state index contributed by atoms with van der Waals surface area (Å²) in [6.45, 7) is 4.99. The van der Waals surface area contributed by atoms with Gasteiger partial charge in [0, 0.05) is 18.0 Å². The number of rotatable bonds is 7. The Morgan fingerprint density at radius 1 is 0.893 bits per heavy atom. The van der Waals surface area contributed by atoms with Crippen molar-refractivity contribution in [2.24, 2.45) is 5.92 Å². The van der Waals surface area contributed by atoms with Crippen molar-refractivity contribution in [1.29, 1.82) is 0 Å². The summed E-state index contributed by atoms with van der Waals surface area (Å²) < 4.78 is 14.6. The zero-order chi connectivity index (χ0) is 19.2. The first-order chi connectivity index (χ1) is 13.7. The fraction of sp³-hybridized carbons (Fsp3) is 0.500. The molecule has 0 spiro atoms. The van der Waals surface area contributed by atoms with Gasteiger partial charge in [0.1, 0.15) is 17.6 Å². The van der Waals surface area contributed by atoms with Crippen molar-refractivity contribution >= 4 is 11.9 Å². The van der Waals surface area contributed by atoms with Crippen LogP contribution in [0.5, 0.6) is 11.5 Å². The largest absolute Gasteiger partial charge is 0.493 e. The summed E-state index contributed by atoms with van der Waals surface area (Å²) in [5.74, 6) is 2.72. The number of hydrogen-bond donors (Lipinski definition) is 0. The summed E-state index contributed by atoms with van der Waals surface area (Å²) in [4.78, 5) is 1.26. The van der Waals surface area contributed by atoms with Gasteiger partial charge in [0.05, 0.1) is 6.61 Å². The lowest BCUT2D eigenvalue weighted by molar-refractivity contribution is 0.208. The van der Waals surface area contributed by atoms with E-state index in [-0.39, 0.29) is 6.10 Å². The molecule has 1 aliphatic heterocycles. The lowest BCUT2D eigenvalue weighted by Gasteiger charge is -2.21. The third kappa shape index (κ3) is 5.68. The highest BCUT2D eigenvalue weighted by Crippen LogP contribution is 2.30. The molecule has 1 atom stereocenters. The normalized spacial score (nSPS) is 21.0. The third-order valence-corrected chi connectivity index (χ3v) is 6.77. The van der Waals surface area contributed by atoms with E-state index in [1.165, 1.54) is 42.6 Å². The second kappa shape index (κ2) is 9.71.